The van der Waals surface area contributed by atoms with Crippen molar-refractivity contribution in [3.05, 3.63) is 0 Å². The second-order valence-corrected chi connectivity index (χ2v) is 5.81. The average molecular weight is 476 g/mol. The molecule has 1 saturated heterocycles. The van der Waals surface area contributed by atoms with Crippen molar-refractivity contribution in [1.82, 2.24) is 0 Å². The molecule has 0 N–H and O–H groups in total. The molecule has 29 heavy (non-hydrogen) atoms. The third-order valence-corrected chi connectivity index (χ3v) is 3.62. The van der Waals surface area contributed by atoms with Crippen LogP contribution in [-0.4, -0.2) is 60.3 Å². The van der Waals surface area contributed by atoms with Gasteiger partial charge in [0.25, 0.3) is 0 Å². The molecule has 1 heterocycles. The summed E-state index contributed by atoms with van der Waals surface area (Å²) in [5.41, 5.74) is 0. The van der Waals surface area contributed by atoms with Gasteiger partial charge < -0.3 is 4.74 Å². The molecule has 1 fully saturated rings. The van der Waals surface area contributed by atoms with Crippen LogP contribution < -0.4 is 0 Å². The zero-order chi connectivity index (χ0) is 23.7. The molecule has 0 saturated carbocycles. The van der Waals surface area contributed by atoms with Crippen molar-refractivity contribution in [2.45, 2.75) is 60.2 Å². The predicted molar refractivity (Wildman–Crippen MR) is 55.0 cm³/mol. The van der Waals surface area contributed by atoms with Gasteiger partial charge in [0.05, 0.1) is 6.61 Å². The number of hydrogen-bond acceptors (Lipinski definition) is 1. The monoisotopic (exact) mass is 476 g/mol. The quantitative estimate of drug-likeness (QED) is 0.320. The van der Waals surface area contributed by atoms with Crippen molar-refractivity contribution in [2.75, 3.05) is 6.61 Å². The van der Waals surface area contributed by atoms with Gasteiger partial charge in [0.15, 0.2) is 6.10 Å². The van der Waals surface area contributed by atoms with Gasteiger partial charge in [-0.25, -0.2) is 0 Å². The fraction of sp³-hybridized carbons (Fsp3) is 1.00. The Hall–Kier alpha value is -1.23. The number of alkyl halides is 17. The van der Waals surface area contributed by atoms with Crippen LogP contribution in [0.3, 0.4) is 0 Å². The van der Waals surface area contributed by atoms with Crippen LogP contribution in [0, 0.1) is 0 Å². The Balaban J connectivity index is 3.50. The molecule has 1 rings (SSSR count). The van der Waals surface area contributed by atoms with Gasteiger partial charge in [-0.1, -0.05) is 0 Å². The summed E-state index contributed by atoms with van der Waals surface area (Å²) in [6.45, 7) is -1.47. The zero-order valence-electron chi connectivity index (χ0n) is 12.8. The standard InChI is InChI=1S/C11H5F17O/c12-4(13,2-5(14,15)16)7(19,20)9(23,24)11(27,28)10(25,26)8(21,22)6(17,18)3-1-29-3/h3H,1-2H2. The van der Waals surface area contributed by atoms with E-state index in [2.05, 4.69) is 4.74 Å². The first-order valence-corrected chi connectivity index (χ1v) is 6.64. The smallest absolute Gasteiger partial charge is 0.366 e. The molecule has 18 heteroatoms. The second-order valence-electron chi connectivity index (χ2n) is 5.81. The highest BCUT2D eigenvalue weighted by Crippen LogP contribution is 2.63. The van der Waals surface area contributed by atoms with E-state index < -0.39 is 66.8 Å². The van der Waals surface area contributed by atoms with Crippen molar-refractivity contribution >= 4 is 0 Å². The summed E-state index contributed by atoms with van der Waals surface area (Å²) < 4.78 is 223. The van der Waals surface area contributed by atoms with Gasteiger partial charge in [-0.05, 0) is 0 Å². The largest absolute Gasteiger partial charge is 0.395 e. The number of hydrogen-bond donors (Lipinski definition) is 0. The van der Waals surface area contributed by atoms with Gasteiger partial charge in [-0.15, -0.1) is 0 Å². The van der Waals surface area contributed by atoms with Crippen LogP contribution in [0.15, 0.2) is 0 Å². The lowest BCUT2D eigenvalue weighted by Crippen LogP contribution is -2.73. The van der Waals surface area contributed by atoms with E-state index in [1.165, 1.54) is 0 Å². The number of halogens is 17. The average Bonchev–Trinajstić information content (AvgIpc) is 3.28. The molecule has 1 aliphatic heterocycles. The van der Waals surface area contributed by atoms with E-state index >= 15 is 0 Å². The first kappa shape index (κ1) is 25.8. The lowest BCUT2D eigenvalue weighted by Gasteiger charge is -2.42. The normalized spacial score (nSPS) is 20.8. The second kappa shape index (κ2) is 6.38. The maximum atomic E-state index is 13.3. The van der Waals surface area contributed by atoms with Gasteiger partial charge in [0, 0.05) is 0 Å². The summed E-state index contributed by atoms with van der Waals surface area (Å²) in [7, 11) is 0. The Labute approximate surface area is 147 Å². The van der Waals surface area contributed by atoms with E-state index in [0.717, 1.165) is 0 Å². The Morgan fingerprint density at radius 1 is 0.517 bits per heavy atom. The fourth-order valence-corrected chi connectivity index (χ4v) is 1.85. The van der Waals surface area contributed by atoms with Crippen LogP contribution >= 0.6 is 0 Å². The highest BCUT2D eigenvalue weighted by molar-refractivity contribution is 5.16. The van der Waals surface area contributed by atoms with E-state index in [1.807, 2.05) is 0 Å². The molecule has 1 unspecified atom stereocenters. The van der Waals surface area contributed by atoms with Crippen LogP contribution in [0.5, 0.6) is 0 Å². The fourth-order valence-electron chi connectivity index (χ4n) is 1.85. The number of rotatable bonds is 8. The van der Waals surface area contributed by atoms with Gasteiger partial charge in [0.2, 0.25) is 0 Å². The summed E-state index contributed by atoms with van der Waals surface area (Å²) >= 11 is 0. The molecule has 0 aromatic carbocycles. The maximum absolute atomic E-state index is 13.3. The van der Waals surface area contributed by atoms with E-state index in [1.54, 1.807) is 0 Å². The third-order valence-electron chi connectivity index (χ3n) is 3.62. The summed E-state index contributed by atoms with van der Waals surface area (Å²) in [6.07, 6.45) is -13.9. The Morgan fingerprint density at radius 3 is 1.14 bits per heavy atom. The first-order valence-electron chi connectivity index (χ1n) is 6.64. The SMILES string of the molecule is FC(F)(F)CC(F)(F)C(F)(F)C(F)(F)C(F)(F)C(F)(F)C(F)(F)C(F)(F)C1CO1. The minimum Gasteiger partial charge on any atom is -0.366 e. The van der Waals surface area contributed by atoms with Crippen molar-refractivity contribution < 1.29 is 79.4 Å². The topological polar surface area (TPSA) is 12.5 Å². The third kappa shape index (κ3) is 3.58. The molecule has 1 aliphatic rings. The van der Waals surface area contributed by atoms with E-state index in [4.69, 9.17) is 0 Å². The van der Waals surface area contributed by atoms with Crippen LogP contribution in [-0.2, 0) is 4.74 Å². The van der Waals surface area contributed by atoms with Crippen LogP contribution in [0.1, 0.15) is 6.42 Å². The maximum Gasteiger partial charge on any atom is 0.395 e. The van der Waals surface area contributed by atoms with Crippen LogP contribution in [0.4, 0.5) is 74.6 Å². The minimum atomic E-state index is -8.39. The molecule has 0 aromatic heterocycles. The summed E-state index contributed by atoms with van der Waals surface area (Å²) in [4.78, 5) is 0. The molecule has 0 spiro atoms. The Kier molecular flexibility index (Phi) is 5.68. The van der Waals surface area contributed by atoms with Crippen molar-refractivity contribution in [3.8, 4) is 0 Å². The molecule has 174 valence electrons. The summed E-state index contributed by atoms with van der Waals surface area (Å²) in [6, 6.07) is 0. The van der Waals surface area contributed by atoms with Crippen molar-refractivity contribution in [2.24, 2.45) is 0 Å². The molecular weight excluding hydrogens is 471 g/mol. The molecule has 0 amide bonds. The molecule has 1 atom stereocenters. The molecule has 0 radical (unpaired) electrons. The van der Waals surface area contributed by atoms with E-state index in [-0.39, 0.29) is 0 Å². The van der Waals surface area contributed by atoms with E-state index in [9.17, 15) is 74.6 Å². The molecule has 0 aliphatic carbocycles. The number of ether oxygens (including phenoxy) is 1. The van der Waals surface area contributed by atoms with E-state index in [0.29, 0.717) is 0 Å². The molecule has 1 nitrogen and oxygen atoms in total. The Bertz CT molecular complexity index is 613. The van der Waals surface area contributed by atoms with Crippen LogP contribution in [0.25, 0.3) is 0 Å². The Morgan fingerprint density at radius 2 is 0.828 bits per heavy atom. The highest BCUT2D eigenvalue weighted by atomic mass is 19.4. The zero-order valence-corrected chi connectivity index (χ0v) is 12.8. The molecule has 0 aromatic rings. The van der Waals surface area contributed by atoms with Gasteiger partial charge in [0.1, 0.15) is 6.42 Å². The van der Waals surface area contributed by atoms with Crippen molar-refractivity contribution in [3.63, 3.8) is 0 Å². The first-order chi connectivity index (χ1) is 12.3. The molecule has 0 bridgehead atoms. The minimum absolute atomic E-state index is 1.47. The van der Waals surface area contributed by atoms with Gasteiger partial charge in [-0.2, -0.15) is 74.6 Å². The van der Waals surface area contributed by atoms with Crippen LogP contribution in [0.2, 0.25) is 0 Å². The van der Waals surface area contributed by atoms with Gasteiger partial charge >= 0.3 is 47.6 Å². The number of epoxide rings is 1. The van der Waals surface area contributed by atoms with Gasteiger partial charge in [-0.3, -0.25) is 0 Å². The summed E-state index contributed by atoms with van der Waals surface area (Å²) in [5.74, 6) is -54.1. The highest BCUT2D eigenvalue weighted by Gasteiger charge is 2.93. The predicted octanol–water partition coefficient (Wildman–Crippen LogP) is 5.78. The molecular formula is C11H5F17O. The summed E-state index contributed by atoms with van der Waals surface area (Å²) in [5, 5.41) is 0. The lowest BCUT2D eigenvalue weighted by atomic mass is 9.88. The van der Waals surface area contributed by atoms with Crippen molar-refractivity contribution in [1.29, 1.82) is 0 Å². The lowest BCUT2D eigenvalue weighted by molar-refractivity contribution is -0.445.